The highest BCUT2D eigenvalue weighted by Crippen LogP contribution is 1.98. The van der Waals surface area contributed by atoms with Crippen molar-refractivity contribution in [2.45, 2.75) is 13.3 Å². The first-order valence-electron chi connectivity index (χ1n) is 4.36. The van der Waals surface area contributed by atoms with Crippen LogP contribution in [-0.4, -0.2) is 24.0 Å². The summed E-state index contributed by atoms with van der Waals surface area (Å²) in [5, 5.41) is 0. The largest absolute Gasteiger partial charge is 0.381 e. The molecule has 3 heteroatoms. The summed E-state index contributed by atoms with van der Waals surface area (Å²) in [4.78, 5) is 15.3. The Kier molecular flexibility index (Phi) is 4.12. The minimum atomic E-state index is 0.0362. The van der Waals surface area contributed by atoms with Crippen molar-refractivity contribution >= 4 is 5.78 Å². The minimum absolute atomic E-state index is 0.0362. The van der Waals surface area contributed by atoms with Gasteiger partial charge in [0.15, 0.2) is 5.78 Å². The van der Waals surface area contributed by atoms with Gasteiger partial charge in [-0.2, -0.15) is 0 Å². The van der Waals surface area contributed by atoms with Crippen molar-refractivity contribution < 1.29 is 9.53 Å². The van der Waals surface area contributed by atoms with Crippen molar-refractivity contribution in [3.8, 4) is 0 Å². The topological polar surface area (TPSA) is 39.2 Å². The fourth-order valence-corrected chi connectivity index (χ4v) is 0.965. The molecule has 0 atom stereocenters. The van der Waals surface area contributed by atoms with Crippen LogP contribution in [0.25, 0.3) is 0 Å². The molecule has 1 rings (SSSR count). The molecule has 0 saturated carbocycles. The van der Waals surface area contributed by atoms with Gasteiger partial charge in [0.1, 0.15) is 5.69 Å². The van der Waals surface area contributed by atoms with E-state index in [4.69, 9.17) is 4.74 Å². The number of carbonyl (C=O) groups excluding carboxylic acids is 1. The first-order valence-corrected chi connectivity index (χ1v) is 4.36. The normalized spacial score (nSPS) is 9.92. The fraction of sp³-hybridized carbons (Fsp3) is 0.400. The van der Waals surface area contributed by atoms with Crippen molar-refractivity contribution in [1.82, 2.24) is 4.98 Å². The summed E-state index contributed by atoms with van der Waals surface area (Å²) in [6.07, 6.45) is 2.03. The molecule has 0 bridgehead atoms. The van der Waals surface area contributed by atoms with Crippen LogP contribution >= 0.6 is 0 Å². The second kappa shape index (κ2) is 5.43. The summed E-state index contributed by atoms with van der Waals surface area (Å²) in [5.74, 6) is 0.0362. The molecule has 1 aromatic rings. The van der Waals surface area contributed by atoms with E-state index in [0.29, 0.717) is 25.3 Å². The van der Waals surface area contributed by atoms with Crippen molar-refractivity contribution in [1.29, 1.82) is 0 Å². The van der Waals surface area contributed by atoms with Gasteiger partial charge in [0, 0.05) is 19.2 Å². The van der Waals surface area contributed by atoms with Crippen LogP contribution in [0.2, 0.25) is 0 Å². The Bertz CT molecular complexity index is 259. The number of carbonyl (C=O) groups is 1. The summed E-state index contributed by atoms with van der Waals surface area (Å²) in [7, 11) is 0. The molecule has 0 amide bonds. The summed E-state index contributed by atoms with van der Waals surface area (Å²) in [6.45, 7) is 3.03. The minimum Gasteiger partial charge on any atom is -0.381 e. The summed E-state index contributed by atoms with van der Waals surface area (Å²) in [6, 6.07) is 5.31. The van der Waals surface area contributed by atoms with E-state index in [0.717, 1.165) is 0 Å². The van der Waals surface area contributed by atoms with Crippen molar-refractivity contribution in [2.75, 3.05) is 13.2 Å². The van der Waals surface area contributed by atoms with Crippen LogP contribution in [0.4, 0.5) is 0 Å². The molecular formula is C10H13NO2. The molecule has 0 unspecified atom stereocenters. The van der Waals surface area contributed by atoms with Crippen molar-refractivity contribution in [2.24, 2.45) is 0 Å². The number of Topliss-reactive ketones (excluding diaryl/α,β-unsaturated/α-hetero) is 1. The lowest BCUT2D eigenvalue weighted by molar-refractivity contribution is 0.0891. The van der Waals surface area contributed by atoms with Gasteiger partial charge >= 0.3 is 0 Å². The Labute approximate surface area is 77.8 Å². The number of rotatable bonds is 5. The molecule has 13 heavy (non-hydrogen) atoms. The number of ketones is 1. The first kappa shape index (κ1) is 9.86. The maximum Gasteiger partial charge on any atom is 0.183 e. The van der Waals surface area contributed by atoms with Crippen LogP contribution in [0.5, 0.6) is 0 Å². The summed E-state index contributed by atoms with van der Waals surface area (Å²) in [5.41, 5.74) is 0.516. The van der Waals surface area contributed by atoms with E-state index in [1.165, 1.54) is 0 Å². The quantitative estimate of drug-likeness (QED) is 0.510. The number of nitrogens with zero attached hydrogens (tertiary/aromatic N) is 1. The smallest absolute Gasteiger partial charge is 0.183 e. The third-order valence-corrected chi connectivity index (χ3v) is 1.63. The second-order valence-electron chi connectivity index (χ2n) is 2.59. The highest BCUT2D eigenvalue weighted by Gasteiger charge is 2.04. The Morgan fingerprint density at radius 1 is 1.54 bits per heavy atom. The van der Waals surface area contributed by atoms with Crippen LogP contribution < -0.4 is 0 Å². The van der Waals surface area contributed by atoms with E-state index < -0.39 is 0 Å². The zero-order valence-electron chi connectivity index (χ0n) is 7.69. The highest BCUT2D eigenvalue weighted by molar-refractivity contribution is 5.94. The van der Waals surface area contributed by atoms with Gasteiger partial charge in [-0.15, -0.1) is 0 Å². The van der Waals surface area contributed by atoms with E-state index in [-0.39, 0.29) is 5.78 Å². The second-order valence-corrected chi connectivity index (χ2v) is 2.59. The summed E-state index contributed by atoms with van der Waals surface area (Å²) >= 11 is 0. The molecule has 70 valence electrons. The molecule has 1 heterocycles. The van der Waals surface area contributed by atoms with Crippen molar-refractivity contribution in [3.05, 3.63) is 30.1 Å². The number of hydrogen-bond donors (Lipinski definition) is 0. The van der Waals surface area contributed by atoms with Gasteiger partial charge in [0.05, 0.1) is 6.61 Å². The van der Waals surface area contributed by atoms with E-state index in [1.54, 1.807) is 24.4 Å². The lowest BCUT2D eigenvalue weighted by atomic mass is 10.2. The predicted octanol–water partition coefficient (Wildman–Crippen LogP) is 1.69. The van der Waals surface area contributed by atoms with Crippen LogP contribution in [-0.2, 0) is 4.74 Å². The molecule has 0 aliphatic rings. The third-order valence-electron chi connectivity index (χ3n) is 1.63. The molecule has 1 aromatic heterocycles. The Morgan fingerprint density at radius 3 is 3.00 bits per heavy atom. The molecule has 0 spiro atoms. The average Bonchev–Trinajstić information content (AvgIpc) is 2.19. The zero-order valence-corrected chi connectivity index (χ0v) is 7.69. The fourth-order valence-electron chi connectivity index (χ4n) is 0.965. The Hall–Kier alpha value is -1.22. The number of pyridine rings is 1. The van der Waals surface area contributed by atoms with Crippen LogP contribution in [0.3, 0.4) is 0 Å². The van der Waals surface area contributed by atoms with E-state index in [2.05, 4.69) is 4.98 Å². The maximum atomic E-state index is 11.4. The lowest BCUT2D eigenvalue weighted by Gasteiger charge is -1.99. The van der Waals surface area contributed by atoms with Gasteiger partial charge in [-0.1, -0.05) is 6.07 Å². The number of ether oxygens (including phenoxy) is 1. The molecule has 0 saturated heterocycles. The Balaban J connectivity index is 2.40. The molecule has 0 aromatic carbocycles. The van der Waals surface area contributed by atoms with Crippen LogP contribution in [0.15, 0.2) is 24.4 Å². The molecule has 0 aliphatic heterocycles. The van der Waals surface area contributed by atoms with Gasteiger partial charge in [-0.05, 0) is 19.1 Å². The number of hydrogen-bond acceptors (Lipinski definition) is 3. The SMILES string of the molecule is CCOCCC(=O)c1ccccn1. The first-order chi connectivity index (χ1) is 6.34. The van der Waals surface area contributed by atoms with Gasteiger partial charge in [0.25, 0.3) is 0 Å². The van der Waals surface area contributed by atoms with Gasteiger partial charge in [0.2, 0.25) is 0 Å². The molecule has 3 nitrogen and oxygen atoms in total. The number of aromatic nitrogens is 1. The van der Waals surface area contributed by atoms with Crippen LogP contribution in [0, 0.1) is 0 Å². The van der Waals surface area contributed by atoms with Crippen molar-refractivity contribution in [3.63, 3.8) is 0 Å². The van der Waals surface area contributed by atoms with Gasteiger partial charge < -0.3 is 4.74 Å². The van der Waals surface area contributed by atoms with Gasteiger partial charge in [-0.3, -0.25) is 9.78 Å². The standard InChI is InChI=1S/C10H13NO2/c1-2-13-8-6-10(12)9-5-3-4-7-11-9/h3-5,7H,2,6,8H2,1H3. The third kappa shape index (κ3) is 3.34. The summed E-state index contributed by atoms with van der Waals surface area (Å²) < 4.78 is 5.08. The van der Waals surface area contributed by atoms with E-state index >= 15 is 0 Å². The maximum absolute atomic E-state index is 11.4. The molecule has 0 N–H and O–H groups in total. The zero-order chi connectivity index (χ0) is 9.52. The lowest BCUT2D eigenvalue weighted by Crippen LogP contribution is -2.06. The molecule has 0 radical (unpaired) electrons. The monoisotopic (exact) mass is 179 g/mol. The molecule has 0 aliphatic carbocycles. The van der Waals surface area contributed by atoms with Gasteiger partial charge in [-0.25, -0.2) is 0 Å². The van der Waals surface area contributed by atoms with Crippen LogP contribution in [0.1, 0.15) is 23.8 Å². The van der Waals surface area contributed by atoms with E-state index in [1.807, 2.05) is 6.92 Å². The van der Waals surface area contributed by atoms with E-state index in [9.17, 15) is 4.79 Å². The average molecular weight is 179 g/mol. The molecule has 0 fully saturated rings. The Morgan fingerprint density at radius 2 is 2.38 bits per heavy atom. The predicted molar refractivity (Wildman–Crippen MR) is 49.7 cm³/mol. The molecular weight excluding hydrogens is 166 g/mol. The highest BCUT2D eigenvalue weighted by atomic mass is 16.5.